The summed E-state index contributed by atoms with van der Waals surface area (Å²) in [6, 6.07) is 9.42. The number of carbonyl (C=O) groups is 1. The number of benzene rings is 1. The summed E-state index contributed by atoms with van der Waals surface area (Å²) in [5.74, 6) is -0.125. The maximum atomic E-state index is 11.9. The molecule has 0 aliphatic heterocycles. The van der Waals surface area contributed by atoms with Gasteiger partial charge < -0.3 is 5.32 Å². The minimum atomic E-state index is -0.125. The van der Waals surface area contributed by atoms with Crippen LogP contribution in [0.1, 0.15) is 20.3 Å². The molecule has 0 aliphatic rings. The summed E-state index contributed by atoms with van der Waals surface area (Å²) < 4.78 is 0. The van der Waals surface area contributed by atoms with E-state index in [1.54, 1.807) is 12.1 Å². The SMILES string of the molecule is CC(C)N(CCC#N)CC(=O)Nc1ccccc1Cl. The molecule has 0 saturated carbocycles. The Morgan fingerprint density at radius 2 is 2.16 bits per heavy atom. The molecule has 0 atom stereocenters. The van der Waals surface area contributed by atoms with Gasteiger partial charge in [-0.15, -0.1) is 0 Å². The molecule has 0 bridgehead atoms. The van der Waals surface area contributed by atoms with E-state index >= 15 is 0 Å². The molecule has 102 valence electrons. The van der Waals surface area contributed by atoms with Crippen LogP contribution in [0, 0.1) is 11.3 Å². The topological polar surface area (TPSA) is 56.1 Å². The second kappa shape index (κ2) is 7.78. The van der Waals surface area contributed by atoms with Crippen LogP contribution in [0.4, 0.5) is 5.69 Å². The Labute approximate surface area is 119 Å². The van der Waals surface area contributed by atoms with E-state index in [0.29, 0.717) is 23.7 Å². The van der Waals surface area contributed by atoms with Crippen molar-refractivity contribution in [3.63, 3.8) is 0 Å². The average Bonchev–Trinajstić information content (AvgIpc) is 2.37. The van der Waals surface area contributed by atoms with Crippen molar-refractivity contribution in [3.8, 4) is 6.07 Å². The molecule has 0 radical (unpaired) electrons. The largest absolute Gasteiger partial charge is 0.324 e. The first-order chi connectivity index (χ1) is 9.04. The van der Waals surface area contributed by atoms with Gasteiger partial charge in [-0.25, -0.2) is 0 Å². The summed E-state index contributed by atoms with van der Waals surface area (Å²) in [5, 5.41) is 11.9. The predicted molar refractivity (Wildman–Crippen MR) is 77.0 cm³/mol. The van der Waals surface area contributed by atoms with Crippen LogP contribution in [0.5, 0.6) is 0 Å². The van der Waals surface area contributed by atoms with E-state index in [4.69, 9.17) is 16.9 Å². The van der Waals surface area contributed by atoms with Crippen molar-refractivity contribution in [2.45, 2.75) is 26.3 Å². The van der Waals surface area contributed by atoms with Crippen molar-refractivity contribution in [1.29, 1.82) is 5.26 Å². The first kappa shape index (κ1) is 15.5. The van der Waals surface area contributed by atoms with Gasteiger partial charge in [0.2, 0.25) is 5.91 Å². The molecular formula is C14H18ClN3O. The van der Waals surface area contributed by atoms with E-state index in [1.807, 2.05) is 30.9 Å². The molecule has 1 aromatic carbocycles. The number of hydrogen-bond acceptors (Lipinski definition) is 3. The highest BCUT2D eigenvalue weighted by atomic mass is 35.5. The summed E-state index contributed by atoms with van der Waals surface area (Å²) in [6.45, 7) is 4.84. The molecule has 1 aromatic rings. The van der Waals surface area contributed by atoms with Crippen LogP contribution in [-0.4, -0.2) is 29.9 Å². The first-order valence-electron chi connectivity index (χ1n) is 6.20. The summed E-state index contributed by atoms with van der Waals surface area (Å²) in [5.41, 5.74) is 0.609. The molecule has 0 aliphatic carbocycles. The molecule has 1 rings (SSSR count). The Hall–Kier alpha value is -1.57. The Kier molecular flexibility index (Phi) is 6.34. The fourth-order valence-corrected chi connectivity index (χ4v) is 1.83. The Bertz CT molecular complexity index is 468. The average molecular weight is 280 g/mol. The summed E-state index contributed by atoms with van der Waals surface area (Å²) in [4.78, 5) is 13.9. The summed E-state index contributed by atoms with van der Waals surface area (Å²) >= 11 is 5.98. The van der Waals surface area contributed by atoms with Crippen LogP contribution in [-0.2, 0) is 4.79 Å². The van der Waals surface area contributed by atoms with Gasteiger partial charge in [0.25, 0.3) is 0 Å². The lowest BCUT2D eigenvalue weighted by atomic mass is 10.2. The molecule has 0 aromatic heterocycles. The van der Waals surface area contributed by atoms with Gasteiger partial charge in [-0.1, -0.05) is 23.7 Å². The van der Waals surface area contributed by atoms with Crippen molar-refractivity contribution < 1.29 is 4.79 Å². The zero-order valence-corrected chi connectivity index (χ0v) is 11.9. The number of anilines is 1. The smallest absolute Gasteiger partial charge is 0.238 e. The van der Waals surface area contributed by atoms with Gasteiger partial charge in [0.1, 0.15) is 0 Å². The number of nitrogens with one attached hydrogen (secondary N) is 1. The quantitative estimate of drug-likeness (QED) is 0.871. The summed E-state index contributed by atoms with van der Waals surface area (Å²) in [6.07, 6.45) is 0.414. The molecular weight excluding hydrogens is 262 g/mol. The number of hydrogen-bond donors (Lipinski definition) is 1. The Morgan fingerprint density at radius 3 is 2.74 bits per heavy atom. The van der Waals surface area contributed by atoms with E-state index in [1.165, 1.54) is 0 Å². The number of carbonyl (C=O) groups excluding carboxylic acids is 1. The third-order valence-corrected chi connectivity index (χ3v) is 3.07. The zero-order chi connectivity index (χ0) is 14.3. The highest BCUT2D eigenvalue weighted by Gasteiger charge is 2.14. The van der Waals surface area contributed by atoms with Crippen LogP contribution in [0.3, 0.4) is 0 Å². The van der Waals surface area contributed by atoms with Crippen molar-refractivity contribution >= 4 is 23.2 Å². The molecule has 4 nitrogen and oxygen atoms in total. The van der Waals surface area contributed by atoms with Crippen molar-refractivity contribution in [1.82, 2.24) is 4.90 Å². The molecule has 0 heterocycles. The molecule has 0 unspecified atom stereocenters. The van der Waals surface area contributed by atoms with Crippen molar-refractivity contribution in [2.75, 3.05) is 18.4 Å². The van der Waals surface area contributed by atoms with E-state index in [-0.39, 0.29) is 18.5 Å². The van der Waals surface area contributed by atoms with Crippen molar-refractivity contribution in [2.24, 2.45) is 0 Å². The molecule has 0 saturated heterocycles. The van der Waals surface area contributed by atoms with Crippen LogP contribution in [0.25, 0.3) is 0 Å². The normalized spacial score (nSPS) is 10.5. The van der Waals surface area contributed by atoms with Crippen molar-refractivity contribution in [3.05, 3.63) is 29.3 Å². The Morgan fingerprint density at radius 1 is 1.47 bits per heavy atom. The molecule has 1 N–H and O–H groups in total. The van der Waals surface area contributed by atoms with E-state index in [9.17, 15) is 4.79 Å². The summed E-state index contributed by atoms with van der Waals surface area (Å²) in [7, 11) is 0. The lowest BCUT2D eigenvalue weighted by Gasteiger charge is -2.24. The number of nitriles is 1. The molecule has 5 heteroatoms. The zero-order valence-electron chi connectivity index (χ0n) is 11.2. The third kappa shape index (κ3) is 5.29. The number of para-hydroxylation sites is 1. The van der Waals surface area contributed by atoms with Gasteiger partial charge in [0.05, 0.1) is 23.3 Å². The highest BCUT2D eigenvalue weighted by molar-refractivity contribution is 6.33. The number of nitrogens with zero attached hydrogens (tertiary/aromatic N) is 2. The molecule has 1 amide bonds. The van der Waals surface area contributed by atoms with E-state index in [2.05, 4.69) is 11.4 Å². The number of halogens is 1. The fourth-order valence-electron chi connectivity index (χ4n) is 1.65. The first-order valence-corrected chi connectivity index (χ1v) is 6.57. The number of rotatable bonds is 6. The van der Waals surface area contributed by atoms with Crippen LogP contribution < -0.4 is 5.32 Å². The van der Waals surface area contributed by atoms with Crippen LogP contribution >= 0.6 is 11.6 Å². The number of amides is 1. The van der Waals surface area contributed by atoms with Crippen LogP contribution in [0.2, 0.25) is 5.02 Å². The van der Waals surface area contributed by atoms with Gasteiger partial charge in [-0.3, -0.25) is 9.69 Å². The minimum absolute atomic E-state index is 0.125. The fraction of sp³-hybridized carbons (Fsp3) is 0.429. The molecule has 0 fully saturated rings. The lowest BCUT2D eigenvalue weighted by molar-refractivity contribution is -0.117. The molecule has 0 spiro atoms. The van der Waals surface area contributed by atoms with Gasteiger partial charge in [-0.2, -0.15) is 5.26 Å². The van der Waals surface area contributed by atoms with E-state index < -0.39 is 0 Å². The van der Waals surface area contributed by atoms with E-state index in [0.717, 1.165) is 0 Å². The van der Waals surface area contributed by atoms with Crippen LogP contribution in [0.15, 0.2) is 24.3 Å². The maximum Gasteiger partial charge on any atom is 0.238 e. The maximum absolute atomic E-state index is 11.9. The lowest BCUT2D eigenvalue weighted by Crippen LogP contribution is -2.38. The predicted octanol–water partition coefficient (Wildman–Crippen LogP) is 2.90. The molecule has 19 heavy (non-hydrogen) atoms. The van der Waals surface area contributed by atoms with Gasteiger partial charge >= 0.3 is 0 Å². The second-order valence-corrected chi connectivity index (χ2v) is 4.91. The minimum Gasteiger partial charge on any atom is -0.324 e. The monoisotopic (exact) mass is 279 g/mol. The standard InChI is InChI=1S/C14H18ClN3O/c1-11(2)18(9-5-8-16)10-14(19)17-13-7-4-3-6-12(13)15/h3-4,6-7,11H,5,9-10H2,1-2H3,(H,17,19). The Balaban J connectivity index is 2.58. The van der Waals surface area contributed by atoms with Gasteiger partial charge in [0, 0.05) is 19.0 Å². The highest BCUT2D eigenvalue weighted by Crippen LogP contribution is 2.20. The second-order valence-electron chi connectivity index (χ2n) is 4.50. The van der Waals surface area contributed by atoms with Gasteiger partial charge in [0.15, 0.2) is 0 Å². The van der Waals surface area contributed by atoms with Gasteiger partial charge in [-0.05, 0) is 26.0 Å². The third-order valence-electron chi connectivity index (χ3n) is 2.74.